The van der Waals surface area contributed by atoms with E-state index >= 15 is 0 Å². The van der Waals surface area contributed by atoms with Crippen molar-refractivity contribution in [2.45, 2.75) is 38.3 Å². The molecule has 1 aliphatic carbocycles. The first-order valence-electron chi connectivity index (χ1n) is 6.21. The molecule has 1 aromatic rings. The Morgan fingerprint density at radius 1 is 1.31 bits per heavy atom. The fraction of sp³-hybridized carbons (Fsp3) is 0.571. The highest BCUT2D eigenvalue weighted by Gasteiger charge is 2.27. The first-order valence-corrected chi connectivity index (χ1v) is 6.21. The van der Waals surface area contributed by atoms with Crippen molar-refractivity contribution in [1.29, 1.82) is 0 Å². The van der Waals surface area contributed by atoms with Crippen LogP contribution in [0.4, 0.5) is 0 Å². The summed E-state index contributed by atoms with van der Waals surface area (Å²) >= 11 is 0. The summed E-state index contributed by atoms with van der Waals surface area (Å²) in [6.45, 7) is 2.92. The van der Waals surface area contributed by atoms with Crippen molar-refractivity contribution < 1.29 is 5.11 Å². The minimum Gasteiger partial charge on any atom is -0.391 e. The number of hydrogen-bond acceptors (Lipinski definition) is 2. The molecule has 16 heavy (non-hydrogen) atoms. The van der Waals surface area contributed by atoms with Crippen LogP contribution in [0.3, 0.4) is 0 Å². The summed E-state index contributed by atoms with van der Waals surface area (Å²) in [6.07, 6.45) is 3.17. The molecule has 0 amide bonds. The van der Waals surface area contributed by atoms with Crippen molar-refractivity contribution in [3.05, 3.63) is 35.9 Å². The van der Waals surface area contributed by atoms with Gasteiger partial charge in [-0.05, 0) is 37.7 Å². The summed E-state index contributed by atoms with van der Waals surface area (Å²) in [5.41, 5.74) is 1.20. The van der Waals surface area contributed by atoms with E-state index in [0.717, 1.165) is 12.3 Å². The lowest BCUT2D eigenvalue weighted by Crippen LogP contribution is -2.35. The van der Waals surface area contributed by atoms with Crippen LogP contribution in [0.5, 0.6) is 0 Å². The molecular formula is C14H21NO. The zero-order valence-electron chi connectivity index (χ0n) is 9.89. The van der Waals surface area contributed by atoms with E-state index in [1.807, 2.05) is 18.2 Å². The third-order valence-corrected chi connectivity index (χ3v) is 3.32. The van der Waals surface area contributed by atoms with Gasteiger partial charge in [0.05, 0.1) is 6.10 Å². The maximum Gasteiger partial charge on any atom is 0.0704 e. The third-order valence-electron chi connectivity index (χ3n) is 3.32. The van der Waals surface area contributed by atoms with Crippen LogP contribution in [0, 0.1) is 5.92 Å². The Balaban J connectivity index is 1.69. The summed E-state index contributed by atoms with van der Waals surface area (Å²) in [5.74, 6) is 0.851. The molecule has 1 aliphatic rings. The molecule has 1 saturated carbocycles. The van der Waals surface area contributed by atoms with Gasteiger partial charge in [-0.3, -0.25) is 0 Å². The van der Waals surface area contributed by atoms with Crippen molar-refractivity contribution in [3.63, 3.8) is 0 Å². The molecule has 0 aromatic heterocycles. The fourth-order valence-electron chi connectivity index (χ4n) is 2.04. The normalized spacial score (nSPS) is 19.4. The fourth-order valence-corrected chi connectivity index (χ4v) is 2.04. The lowest BCUT2D eigenvalue weighted by Gasteiger charge is -2.16. The highest BCUT2D eigenvalue weighted by molar-refractivity contribution is 5.15. The zero-order chi connectivity index (χ0) is 11.4. The molecule has 2 nitrogen and oxygen atoms in total. The molecule has 0 aliphatic heterocycles. The quantitative estimate of drug-likeness (QED) is 0.767. The highest BCUT2D eigenvalue weighted by Crippen LogP contribution is 2.32. The molecule has 2 unspecified atom stereocenters. The van der Waals surface area contributed by atoms with Gasteiger partial charge in [0.15, 0.2) is 0 Å². The second kappa shape index (κ2) is 5.46. The monoisotopic (exact) mass is 219 g/mol. The molecular weight excluding hydrogens is 198 g/mol. The first-order chi connectivity index (χ1) is 7.75. The number of aliphatic hydroxyl groups is 1. The summed E-state index contributed by atoms with van der Waals surface area (Å²) in [6, 6.07) is 10.7. The molecule has 0 saturated heterocycles. The molecule has 0 bridgehead atoms. The second-order valence-corrected chi connectivity index (χ2v) is 4.88. The number of aliphatic hydroxyl groups excluding tert-OH is 1. The predicted octanol–water partition coefficient (Wildman–Crippen LogP) is 1.98. The standard InChI is InChI=1S/C14H21NO/c1-11(13-7-8-13)15-10-14(16)9-12-5-3-2-4-6-12/h2-6,11,13-16H,7-10H2,1H3. The summed E-state index contributed by atoms with van der Waals surface area (Å²) in [4.78, 5) is 0. The van der Waals surface area contributed by atoms with E-state index in [4.69, 9.17) is 0 Å². The molecule has 2 N–H and O–H groups in total. The maximum absolute atomic E-state index is 9.89. The predicted molar refractivity (Wildman–Crippen MR) is 66.3 cm³/mol. The summed E-state index contributed by atoms with van der Waals surface area (Å²) < 4.78 is 0. The lowest BCUT2D eigenvalue weighted by molar-refractivity contribution is 0.166. The van der Waals surface area contributed by atoms with Crippen molar-refractivity contribution in [3.8, 4) is 0 Å². The topological polar surface area (TPSA) is 32.3 Å². The van der Waals surface area contributed by atoms with E-state index in [0.29, 0.717) is 12.6 Å². The first kappa shape index (κ1) is 11.6. The van der Waals surface area contributed by atoms with Gasteiger partial charge >= 0.3 is 0 Å². The third kappa shape index (κ3) is 3.62. The van der Waals surface area contributed by atoms with E-state index in [9.17, 15) is 5.11 Å². The van der Waals surface area contributed by atoms with Crippen molar-refractivity contribution in [2.24, 2.45) is 5.92 Å². The van der Waals surface area contributed by atoms with Gasteiger partial charge in [-0.1, -0.05) is 30.3 Å². The van der Waals surface area contributed by atoms with Crippen LogP contribution in [0.15, 0.2) is 30.3 Å². The Kier molecular flexibility index (Phi) is 3.97. The van der Waals surface area contributed by atoms with Crippen LogP contribution in [0.25, 0.3) is 0 Å². The Hall–Kier alpha value is -0.860. The smallest absolute Gasteiger partial charge is 0.0704 e. The van der Waals surface area contributed by atoms with Crippen LogP contribution in [0.2, 0.25) is 0 Å². The van der Waals surface area contributed by atoms with E-state index in [1.165, 1.54) is 18.4 Å². The van der Waals surface area contributed by atoms with Gasteiger partial charge in [0.25, 0.3) is 0 Å². The van der Waals surface area contributed by atoms with Crippen molar-refractivity contribution in [1.82, 2.24) is 5.32 Å². The van der Waals surface area contributed by atoms with Crippen LogP contribution in [-0.4, -0.2) is 23.8 Å². The Labute approximate surface area is 97.7 Å². The van der Waals surface area contributed by atoms with E-state index in [-0.39, 0.29) is 6.10 Å². The van der Waals surface area contributed by atoms with Crippen molar-refractivity contribution >= 4 is 0 Å². The van der Waals surface area contributed by atoms with Crippen LogP contribution in [-0.2, 0) is 6.42 Å². The average molecular weight is 219 g/mol. The summed E-state index contributed by atoms with van der Waals surface area (Å²) in [7, 11) is 0. The minimum absolute atomic E-state index is 0.274. The van der Waals surface area contributed by atoms with Gasteiger partial charge in [0.2, 0.25) is 0 Å². The Morgan fingerprint density at radius 2 is 2.00 bits per heavy atom. The average Bonchev–Trinajstić information content (AvgIpc) is 3.11. The second-order valence-electron chi connectivity index (χ2n) is 4.88. The van der Waals surface area contributed by atoms with E-state index in [1.54, 1.807) is 0 Å². The molecule has 2 atom stereocenters. The molecule has 88 valence electrons. The lowest BCUT2D eigenvalue weighted by atomic mass is 10.1. The Morgan fingerprint density at radius 3 is 2.62 bits per heavy atom. The van der Waals surface area contributed by atoms with E-state index in [2.05, 4.69) is 24.4 Å². The van der Waals surface area contributed by atoms with Gasteiger partial charge < -0.3 is 10.4 Å². The molecule has 0 heterocycles. The number of benzene rings is 1. The van der Waals surface area contributed by atoms with Gasteiger partial charge in [0.1, 0.15) is 0 Å². The van der Waals surface area contributed by atoms with Gasteiger partial charge in [-0.15, -0.1) is 0 Å². The van der Waals surface area contributed by atoms with Gasteiger partial charge in [0, 0.05) is 12.6 Å². The van der Waals surface area contributed by atoms with Crippen molar-refractivity contribution in [2.75, 3.05) is 6.54 Å². The van der Waals surface area contributed by atoms with Gasteiger partial charge in [-0.2, -0.15) is 0 Å². The Bertz CT molecular complexity index is 308. The van der Waals surface area contributed by atoms with Crippen LogP contribution in [0.1, 0.15) is 25.3 Å². The molecule has 1 aromatic carbocycles. The largest absolute Gasteiger partial charge is 0.391 e. The van der Waals surface area contributed by atoms with Gasteiger partial charge in [-0.25, -0.2) is 0 Å². The molecule has 0 spiro atoms. The molecule has 0 radical (unpaired) electrons. The highest BCUT2D eigenvalue weighted by atomic mass is 16.3. The summed E-state index contributed by atoms with van der Waals surface area (Å²) in [5, 5.41) is 13.3. The maximum atomic E-state index is 9.89. The number of hydrogen-bond donors (Lipinski definition) is 2. The molecule has 2 rings (SSSR count). The number of rotatable bonds is 6. The SMILES string of the molecule is CC(NCC(O)Cc1ccccc1)C1CC1. The van der Waals surface area contributed by atoms with E-state index < -0.39 is 0 Å². The zero-order valence-corrected chi connectivity index (χ0v) is 9.89. The van der Waals surface area contributed by atoms with Crippen LogP contribution < -0.4 is 5.32 Å². The minimum atomic E-state index is -0.274. The molecule has 2 heteroatoms. The van der Waals surface area contributed by atoms with Crippen LogP contribution >= 0.6 is 0 Å². The number of nitrogens with one attached hydrogen (secondary N) is 1. The molecule has 1 fully saturated rings.